The summed E-state index contributed by atoms with van der Waals surface area (Å²) in [5.74, 6) is -0.346. The van der Waals surface area contributed by atoms with Crippen molar-refractivity contribution in [3.63, 3.8) is 0 Å². The first-order valence-electron chi connectivity index (χ1n) is 6.45. The molecule has 1 aliphatic heterocycles. The Bertz CT molecular complexity index is 437. The van der Waals surface area contributed by atoms with Crippen LogP contribution in [0.3, 0.4) is 0 Å². The first kappa shape index (κ1) is 12.7. The summed E-state index contributed by atoms with van der Waals surface area (Å²) >= 11 is 0. The van der Waals surface area contributed by atoms with Crippen molar-refractivity contribution in [1.82, 2.24) is 0 Å². The molecule has 0 radical (unpaired) electrons. The number of hydrogen-bond donors (Lipinski definition) is 1. The average Bonchev–Trinajstić information content (AvgIpc) is 2.39. The van der Waals surface area contributed by atoms with Gasteiger partial charge in [-0.3, -0.25) is 4.79 Å². The molecule has 0 spiro atoms. The molecule has 0 unspecified atom stereocenters. The number of anilines is 2. The molecule has 2 rings (SSSR count). The predicted molar refractivity (Wildman–Crippen MR) is 75.4 cm³/mol. The summed E-state index contributed by atoms with van der Waals surface area (Å²) in [6.07, 6.45) is 3.64. The van der Waals surface area contributed by atoms with Gasteiger partial charge in [0.2, 0.25) is 0 Å². The molecule has 1 aliphatic rings. The minimum Gasteiger partial charge on any atom is -0.378 e. The Morgan fingerprint density at radius 2 is 1.89 bits per heavy atom. The highest BCUT2D eigenvalue weighted by Gasteiger charge is 2.17. The Balaban J connectivity index is 2.39. The first-order valence-corrected chi connectivity index (χ1v) is 6.45. The van der Waals surface area contributed by atoms with Gasteiger partial charge in [-0.15, -0.1) is 0 Å². The number of carbonyl (C=O) groups excluding carboxylic acids is 1. The second-order valence-corrected chi connectivity index (χ2v) is 5.01. The highest BCUT2D eigenvalue weighted by molar-refractivity contribution is 5.99. The fourth-order valence-corrected chi connectivity index (χ4v) is 2.40. The SMILES string of the molecule is CN(C)c1ccc(C(N)=O)c(N2CCCCC2)c1. The molecule has 0 aromatic heterocycles. The highest BCUT2D eigenvalue weighted by Crippen LogP contribution is 2.28. The second kappa shape index (κ2) is 5.29. The lowest BCUT2D eigenvalue weighted by Gasteiger charge is -2.31. The maximum absolute atomic E-state index is 11.5. The van der Waals surface area contributed by atoms with E-state index in [1.165, 1.54) is 19.3 Å². The molecule has 1 fully saturated rings. The molecule has 18 heavy (non-hydrogen) atoms. The largest absolute Gasteiger partial charge is 0.378 e. The summed E-state index contributed by atoms with van der Waals surface area (Å²) in [7, 11) is 4.00. The minimum absolute atomic E-state index is 0.346. The van der Waals surface area contributed by atoms with Crippen molar-refractivity contribution in [2.75, 3.05) is 37.0 Å². The van der Waals surface area contributed by atoms with E-state index >= 15 is 0 Å². The Hall–Kier alpha value is -1.71. The van der Waals surface area contributed by atoms with Crippen molar-refractivity contribution in [1.29, 1.82) is 0 Å². The van der Waals surface area contributed by atoms with Crippen LogP contribution in [0.25, 0.3) is 0 Å². The van der Waals surface area contributed by atoms with Crippen LogP contribution in [0.15, 0.2) is 18.2 Å². The van der Waals surface area contributed by atoms with Crippen LogP contribution in [0, 0.1) is 0 Å². The van der Waals surface area contributed by atoms with Crippen LogP contribution in [0.5, 0.6) is 0 Å². The highest BCUT2D eigenvalue weighted by atomic mass is 16.1. The van der Waals surface area contributed by atoms with E-state index in [4.69, 9.17) is 5.73 Å². The number of hydrogen-bond acceptors (Lipinski definition) is 3. The van der Waals surface area contributed by atoms with Crippen LogP contribution in [-0.4, -0.2) is 33.1 Å². The molecule has 4 heteroatoms. The number of primary amides is 1. The van der Waals surface area contributed by atoms with Crippen LogP contribution >= 0.6 is 0 Å². The number of amides is 1. The summed E-state index contributed by atoms with van der Waals surface area (Å²) in [6.45, 7) is 2.02. The van der Waals surface area contributed by atoms with Crippen LogP contribution in [0.4, 0.5) is 11.4 Å². The maximum Gasteiger partial charge on any atom is 0.250 e. The quantitative estimate of drug-likeness (QED) is 0.886. The number of carbonyl (C=O) groups is 1. The van der Waals surface area contributed by atoms with Crippen molar-refractivity contribution in [3.8, 4) is 0 Å². The molecule has 2 N–H and O–H groups in total. The van der Waals surface area contributed by atoms with Gasteiger partial charge in [-0.05, 0) is 37.5 Å². The molecule has 1 saturated heterocycles. The van der Waals surface area contributed by atoms with Crippen molar-refractivity contribution in [3.05, 3.63) is 23.8 Å². The van der Waals surface area contributed by atoms with Gasteiger partial charge >= 0.3 is 0 Å². The van der Waals surface area contributed by atoms with Crippen molar-refractivity contribution < 1.29 is 4.79 Å². The van der Waals surface area contributed by atoms with E-state index in [0.717, 1.165) is 24.5 Å². The second-order valence-electron chi connectivity index (χ2n) is 5.01. The zero-order valence-electron chi connectivity index (χ0n) is 11.1. The van der Waals surface area contributed by atoms with Gasteiger partial charge in [-0.2, -0.15) is 0 Å². The first-order chi connectivity index (χ1) is 8.59. The van der Waals surface area contributed by atoms with Gasteiger partial charge in [0.1, 0.15) is 0 Å². The van der Waals surface area contributed by atoms with Gasteiger partial charge in [0, 0.05) is 32.9 Å². The molecule has 1 aromatic rings. The Kier molecular flexibility index (Phi) is 3.75. The topological polar surface area (TPSA) is 49.6 Å². The third-order valence-corrected chi connectivity index (χ3v) is 3.46. The molecule has 98 valence electrons. The van der Waals surface area contributed by atoms with E-state index in [2.05, 4.69) is 11.0 Å². The lowest BCUT2D eigenvalue weighted by Crippen LogP contribution is -2.31. The minimum atomic E-state index is -0.346. The smallest absolute Gasteiger partial charge is 0.250 e. The monoisotopic (exact) mass is 247 g/mol. The number of rotatable bonds is 3. The number of nitrogens with zero attached hydrogens (tertiary/aromatic N) is 2. The summed E-state index contributed by atoms with van der Waals surface area (Å²) in [5, 5.41) is 0. The molecule has 1 aromatic carbocycles. The standard InChI is InChI=1S/C14H21N3O/c1-16(2)11-6-7-12(14(15)18)13(10-11)17-8-4-3-5-9-17/h6-7,10H,3-5,8-9H2,1-2H3,(H2,15,18). The maximum atomic E-state index is 11.5. The predicted octanol–water partition coefficient (Wildman–Crippen LogP) is 1.84. The van der Waals surface area contributed by atoms with E-state index < -0.39 is 0 Å². The van der Waals surface area contributed by atoms with Crippen molar-refractivity contribution in [2.24, 2.45) is 5.73 Å². The number of piperidine rings is 1. The van der Waals surface area contributed by atoms with E-state index in [9.17, 15) is 4.79 Å². The lowest BCUT2D eigenvalue weighted by atomic mass is 10.1. The van der Waals surface area contributed by atoms with E-state index in [-0.39, 0.29) is 5.91 Å². The number of nitrogens with two attached hydrogens (primary N) is 1. The van der Waals surface area contributed by atoms with Crippen LogP contribution in [-0.2, 0) is 0 Å². The zero-order chi connectivity index (χ0) is 13.1. The average molecular weight is 247 g/mol. The lowest BCUT2D eigenvalue weighted by molar-refractivity contribution is 0.100. The van der Waals surface area contributed by atoms with E-state index in [1.54, 1.807) is 0 Å². The summed E-state index contributed by atoms with van der Waals surface area (Å²) in [4.78, 5) is 15.8. The van der Waals surface area contributed by atoms with Crippen LogP contribution < -0.4 is 15.5 Å². The van der Waals surface area contributed by atoms with Gasteiger partial charge in [0.15, 0.2) is 0 Å². The molecule has 0 aliphatic carbocycles. The third kappa shape index (κ3) is 2.58. The van der Waals surface area contributed by atoms with Crippen molar-refractivity contribution in [2.45, 2.75) is 19.3 Å². The molecule has 0 atom stereocenters. The molecule has 1 amide bonds. The summed E-state index contributed by atoms with van der Waals surface area (Å²) < 4.78 is 0. The van der Waals surface area contributed by atoms with Gasteiger partial charge in [-0.1, -0.05) is 0 Å². The number of benzene rings is 1. The third-order valence-electron chi connectivity index (χ3n) is 3.46. The molecular weight excluding hydrogens is 226 g/mol. The Labute approximate surface area is 108 Å². The molecule has 4 nitrogen and oxygen atoms in total. The summed E-state index contributed by atoms with van der Waals surface area (Å²) in [6, 6.07) is 5.83. The van der Waals surface area contributed by atoms with Gasteiger partial charge in [0.25, 0.3) is 5.91 Å². The zero-order valence-corrected chi connectivity index (χ0v) is 11.1. The van der Waals surface area contributed by atoms with Gasteiger partial charge in [-0.25, -0.2) is 0 Å². The molecule has 0 saturated carbocycles. The van der Waals surface area contributed by atoms with Crippen LogP contribution in [0.2, 0.25) is 0 Å². The van der Waals surface area contributed by atoms with E-state index in [0.29, 0.717) is 5.56 Å². The Morgan fingerprint density at radius 3 is 2.44 bits per heavy atom. The molecular formula is C14H21N3O. The van der Waals surface area contributed by atoms with Gasteiger partial charge < -0.3 is 15.5 Å². The fourth-order valence-electron chi connectivity index (χ4n) is 2.40. The van der Waals surface area contributed by atoms with Crippen LogP contribution in [0.1, 0.15) is 29.6 Å². The normalized spacial score (nSPS) is 15.6. The van der Waals surface area contributed by atoms with Crippen molar-refractivity contribution >= 4 is 17.3 Å². The Morgan fingerprint density at radius 1 is 1.22 bits per heavy atom. The van der Waals surface area contributed by atoms with Gasteiger partial charge in [0.05, 0.1) is 11.3 Å². The molecule has 0 bridgehead atoms. The summed E-state index contributed by atoms with van der Waals surface area (Å²) in [5.41, 5.74) is 8.17. The molecule has 1 heterocycles. The fraction of sp³-hybridized carbons (Fsp3) is 0.500. The van der Waals surface area contributed by atoms with E-state index in [1.807, 2.05) is 31.1 Å².